The number of halogens is 8. The van der Waals surface area contributed by atoms with E-state index in [-0.39, 0.29) is 49.8 Å². The number of carbonyl (C=O) groups is 2. The van der Waals surface area contributed by atoms with Gasteiger partial charge < -0.3 is 28.9 Å². The third-order valence-electron chi connectivity index (χ3n) is 12.7. The summed E-state index contributed by atoms with van der Waals surface area (Å²) in [5, 5.41) is 0.634. The highest BCUT2D eigenvalue weighted by atomic mass is 35.5. The fourth-order valence-electron chi connectivity index (χ4n) is 9.01. The number of fused-ring (bicyclic) bond motifs is 2. The summed E-state index contributed by atoms with van der Waals surface area (Å²) >= 11 is 12.8. The lowest BCUT2D eigenvalue weighted by molar-refractivity contribution is -0.143. The van der Waals surface area contributed by atoms with Crippen LogP contribution in [0.15, 0.2) is 60.7 Å². The zero-order chi connectivity index (χ0) is 43.5. The van der Waals surface area contributed by atoms with Gasteiger partial charge in [0.05, 0.1) is 40.0 Å². The molecule has 0 aromatic heterocycles. The fourth-order valence-corrected chi connectivity index (χ4v) is 9.32. The highest BCUT2D eigenvalue weighted by Crippen LogP contribution is 2.48. The lowest BCUT2D eigenvalue weighted by Crippen LogP contribution is -2.52. The molecule has 16 heteroatoms. The number of benzene rings is 3. The van der Waals surface area contributed by atoms with Crippen LogP contribution in [0.4, 0.5) is 26.3 Å². The number of carbonyl (C=O) groups excluding carboxylic acids is 2. The maximum atomic E-state index is 13.7. The van der Waals surface area contributed by atoms with Crippen LogP contribution < -0.4 is 0 Å². The molecule has 1 saturated carbocycles. The van der Waals surface area contributed by atoms with E-state index in [0.717, 1.165) is 43.8 Å². The average Bonchev–Trinajstić information content (AvgIpc) is 4.02. The Morgan fingerprint density at radius 3 is 2.30 bits per heavy atom. The lowest BCUT2D eigenvalue weighted by Gasteiger charge is -2.45. The normalized spacial score (nSPS) is 21.1. The Hall–Kier alpha value is -3.40. The molecule has 61 heavy (non-hydrogen) atoms. The van der Waals surface area contributed by atoms with E-state index in [0.29, 0.717) is 61.4 Å². The van der Waals surface area contributed by atoms with Crippen LogP contribution in [-0.2, 0) is 43.2 Å². The van der Waals surface area contributed by atoms with Crippen molar-refractivity contribution in [2.75, 3.05) is 72.7 Å². The molecule has 3 fully saturated rings. The van der Waals surface area contributed by atoms with Crippen LogP contribution in [0.5, 0.6) is 0 Å². The molecule has 4 aliphatic rings. The molecular weight excluding hydrogens is 847 g/mol. The first kappa shape index (κ1) is 45.6. The van der Waals surface area contributed by atoms with Gasteiger partial charge in [0.1, 0.15) is 6.61 Å². The number of morpholine rings is 1. The van der Waals surface area contributed by atoms with Gasteiger partial charge in [-0.15, -0.1) is 0 Å². The first-order valence-corrected chi connectivity index (χ1v) is 21.7. The van der Waals surface area contributed by atoms with Crippen molar-refractivity contribution in [2.45, 2.75) is 80.8 Å². The molecule has 0 bridgehead atoms. The predicted molar refractivity (Wildman–Crippen MR) is 219 cm³/mol. The van der Waals surface area contributed by atoms with Crippen LogP contribution >= 0.6 is 23.2 Å². The minimum Gasteiger partial charge on any atom is -0.381 e. The standard InChI is InChI=1S/C45H51Cl2F6N3O5/c1-54(14-4-5-18-59-27-29-8-9-29)41(57)28-61-40-23-31-6-2-3-7-36(31)43(40)12-15-55(16-13-43)25-35(30-10-11-37(46)38(47)22-30)39-26-56(17-19-60-39)42(58)32-20-33(44(48,49)50)24-34(21-32)45(51,52)53/h2-3,6-7,10-11,20-22,24,29,35,39-40H,4-5,8-9,12-19,23,25-28H2,1H3/t35?,39-,40?/m1/s1. The van der Waals surface area contributed by atoms with E-state index in [1.807, 2.05) is 18.2 Å². The molecule has 1 spiro atoms. The largest absolute Gasteiger partial charge is 0.416 e. The molecule has 2 amide bonds. The van der Waals surface area contributed by atoms with E-state index in [1.165, 1.54) is 28.9 Å². The first-order chi connectivity index (χ1) is 29.0. The Morgan fingerprint density at radius 2 is 1.62 bits per heavy atom. The Morgan fingerprint density at radius 1 is 0.918 bits per heavy atom. The van der Waals surface area contributed by atoms with Gasteiger partial charge in [-0.2, -0.15) is 26.3 Å². The first-order valence-electron chi connectivity index (χ1n) is 20.9. The minimum absolute atomic E-state index is 0.00867. The van der Waals surface area contributed by atoms with Crippen molar-refractivity contribution in [2.24, 2.45) is 5.92 Å². The lowest BCUT2D eigenvalue weighted by atomic mass is 9.72. The third-order valence-corrected chi connectivity index (χ3v) is 13.5. The number of likely N-dealkylation sites (tertiary alicyclic amines) is 1. The molecule has 3 atom stereocenters. The SMILES string of the molecule is CN(CCCCOCC1CC1)C(=O)COC1Cc2ccccc2C12CCN(CC(c1ccc(Cl)c(Cl)c1)[C@H]1CN(C(=O)c3cc(C(F)(F)F)cc(C(F)(F)F)c3)CCO1)CC2. The summed E-state index contributed by atoms with van der Waals surface area (Å²) in [6.07, 6.45) is -4.66. The molecule has 8 nitrogen and oxygen atoms in total. The number of amides is 2. The maximum absolute atomic E-state index is 13.7. The van der Waals surface area contributed by atoms with Gasteiger partial charge >= 0.3 is 12.4 Å². The molecule has 0 N–H and O–H groups in total. The minimum atomic E-state index is -5.10. The van der Waals surface area contributed by atoms with Crippen molar-refractivity contribution >= 4 is 35.0 Å². The summed E-state index contributed by atoms with van der Waals surface area (Å²) in [6, 6.07) is 14.4. The Bertz CT molecular complexity index is 1990. The Balaban J connectivity index is 1.03. The molecule has 0 radical (unpaired) electrons. The predicted octanol–water partition coefficient (Wildman–Crippen LogP) is 9.30. The molecule has 3 aromatic carbocycles. The van der Waals surface area contributed by atoms with Gasteiger partial charge in [-0.3, -0.25) is 9.59 Å². The summed E-state index contributed by atoms with van der Waals surface area (Å²) in [4.78, 5) is 32.2. The number of nitrogens with zero attached hydrogens (tertiary/aromatic N) is 3. The van der Waals surface area contributed by atoms with Crippen molar-refractivity contribution < 1.29 is 50.1 Å². The number of hydrogen-bond donors (Lipinski definition) is 0. The zero-order valence-electron chi connectivity index (χ0n) is 34.0. The van der Waals surface area contributed by atoms with E-state index in [2.05, 4.69) is 17.0 Å². The van der Waals surface area contributed by atoms with E-state index in [9.17, 15) is 35.9 Å². The molecule has 2 saturated heterocycles. The van der Waals surface area contributed by atoms with Gasteiger partial charge in [0.15, 0.2) is 0 Å². The molecule has 2 aliphatic heterocycles. The van der Waals surface area contributed by atoms with Gasteiger partial charge in [-0.05, 0) is 111 Å². The third kappa shape index (κ3) is 11.0. The van der Waals surface area contributed by atoms with Crippen LogP contribution in [-0.4, -0.2) is 111 Å². The highest BCUT2D eigenvalue weighted by molar-refractivity contribution is 6.42. The molecule has 332 valence electrons. The monoisotopic (exact) mass is 897 g/mol. The van der Waals surface area contributed by atoms with Crippen molar-refractivity contribution in [3.8, 4) is 0 Å². The number of unbranched alkanes of at least 4 members (excludes halogenated alkanes) is 1. The van der Waals surface area contributed by atoms with Crippen molar-refractivity contribution in [3.63, 3.8) is 0 Å². The van der Waals surface area contributed by atoms with E-state index in [4.69, 9.17) is 37.4 Å². The quantitative estimate of drug-likeness (QED) is 0.112. The van der Waals surface area contributed by atoms with Gasteiger partial charge in [0.25, 0.3) is 5.91 Å². The second-order valence-corrected chi connectivity index (χ2v) is 17.7. The van der Waals surface area contributed by atoms with Crippen LogP contribution in [0, 0.1) is 5.92 Å². The van der Waals surface area contributed by atoms with Crippen LogP contribution in [0.25, 0.3) is 0 Å². The maximum Gasteiger partial charge on any atom is 0.416 e. The summed E-state index contributed by atoms with van der Waals surface area (Å²) in [7, 11) is 1.80. The van der Waals surface area contributed by atoms with Crippen molar-refractivity contribution in [1.82, 2.24) is 14.7 Å². The zero-order valence-corrected chi connectivity index (χ0v) is 35.5. The summed E-state index contributed by atoms with van der Waals surface area (Å²) in [6.45, 7) is 3.80. The smallest absolute Gasteiger partial charge is 0.381 e. The van der Waals surface area contributed by atoms with Crippen molar-refractivity contribution in [3.05, 3.63) is 104 Å². The molecule has 2 aliphatic carbocycles. The number of rotatable bonds is 15. The molecule has 3 aromatic rings. The van der Waals surface area contributed by atoms with Crippen LogP contribution in [0.2, 0.25) is 10.0 Å². The number of likely N-dealkylation sites (N-methyl/N-ethyl adjacent to an activating group) is 1. The summed E-state index contributed by atoms with van der Waals surface area (Å²) in [5.74, 6) is -0.710. The second kappa shape index (κ2) is 19.1. The second-order valence-electron chi connectivity index (χ2n) is 16.9. The van der Waals surface area contributed by atoms with Crippen LogP contribution in [0.1, 0.15) is 82.6 Å². The van der Waals surface area contributed by atoms with Gasteiger partial charge in [-0.25, -0.2) is 0 Å². The van der Waals surface area contributed by atoms with Gasteiger partial charge in [0.2, 0.25) is 5.91 Å². The van der Waals surface area contributed by atoms with Gasteiger partial charge in [-0.1, -0.05) is 53.5 Å². The summed E-state index contributed by atoms with van der Waals surface area (Å²) in [5.41, 5.74) is -0.964. The summed E-state index contributed by atoms with van der Waals surface area (Å²) < 4.78 is 101. The van der Waals surface area contributed by atoms with E-state index < -0.39 is 47.0 Å². The molecule has 7 rings (SSSR count). The molecular formula is C45H51Cl2F6N3O5. The van der Waals surface area contributed by atoms with Crippen molar-refractivity contribution in [1.29, 1.82) is 0 Å². The number of piperidine rings is 1. The average molecular weight is 899 g/mol. The number of ether oxygens (including phenoxy) is 3. The van der Waals surface area contributed by atoms with Gasteiger partial charge in [0, 0.05) is 63.3 Å². The van der Waals surface area contributed by atoms with E-state index in [1.54, 1.807) is 24.1 Å². The Labute approximate surface area is 362 Å². The van der Waals surface area contributed by atoms with Crippen LogP contribution in [0.3, 0.4) is 0 Å². The topological polar surface area (TPSA) is 71.5 Å². The highest BCUT2D eigenvalue weighted by Gasteiger charge is 2.50. The molecule has 2 heterocycles. The Kier molecular flexibility index (Phi) is 14.3. The fraction of sp³-hybridized carbons (Fsp3) is 0.556. The number of alkyl halides is 6. The van der Waals surface area contributed by atoms with E-state index >= 15 is 0 Å². The molecule has 2 unspecified atom stereocenters. The number of hydrogen-bond acceptors (Lipinski definition) is 6.